The predicted octanol–water partition coefficient (Wildman–Crippen LogP) is 2.08. The molecular weight excluding hydrogens is 366 g/mol. The van der Waals surface area contributed by atoms with Crippen molar-refractivity contribution in [2.75, 3.05) is 32.9 Å². The van der Waals surface area contributed by atoms with E-state index in [0.29, 0.717) is 13.2 Å². The Bertz CT molecular complexity index is 796. The van der Waals surface area contributed by atoms with Gasteiger partial charge in [-0.05, 0) is 37.8 Å². The number of aromatic nitrogens is 2. The van der Waals surface area contributed by atoms with E-state index >= 15 is 0 Å². The Morgan fingerprint density at radius 3 is 2.90 bits per heavy atom. The number of aryl methyl sites for hydroxylation is 1. The second kappa shape index (κ2) is 10.4. The van der Waals surface area contributed by atoms with Gasteiger partial charge >= 0.3 is 0 Å². The standard InChI is InChI=1S/C22H33N5O2/c1-3-23-21(26-16-22(7-11-28)8-12-29-17-22)25-14-19-5-4-6-20(13-19)15-27-10-9-24-18(27)2/h4-6,9-10,13,28H,3,7-8,11-12,14-17H2,1-2H3,(H2,23,25,26). The summed E-state index contributed by atoms with van der Waals surface area (Å²) in [5, 5.41) is 16.2. The molecule has 1 aromatic carbocycles. The first kappa shape index (κ1) is 21.3. The van der Waals surface area contributed by atoms with Crippen LogP contribution in [-0.4, -0.2) is 53.5 Å². The van der Waals surface area contributed by atoms with Crippen molar-refractivity contribution in [1.29, 1.82) is 0 Å². The van der Waals surface area contributed by atoms with Crippen molar-refractivity contribution in [3.8, 4) is 0 Å². The molecule has 0 spiro atoms. The number of nitrogens with zero attached hydrogens (tertiary/aromatic N) is 3. The molecule has 0 aliphatic carbocycles. The SMILES string of the molecule is CCNC(=NCc1cccc(Cn2ccnc2C)c1)NCC1(CCO)CCOC1. The van der Waals surface area contributed by atoms with Gasteiger partial charge in [-0.1, -0.05) is 24.3 Å². The number of aliphatic hydroxyl groups excluding tert-OH is 1. The summed E-state index contributed by atoms with van der Waals surface area (Å²) in [5.74, 6) is 1.81. The lowest BCUT2D eigenvalue weighted by molar-refractivity contribution is 0.127. The smallest absolute Gasteiger partial charge is 0.191 e. The van der Waals surface area contributed by atoms with E-state index in [9.17, 15) is 5.11 Å². The van der Waals surface area contributed by atoms with E-state index in [4.69, 9.17) is 9.73 Å². The van der Waals surface area contributed by atoms with Crippen LogP contribution >= 0.6 is 0 Å². The lowest BCUT2D eigenvalue weighted by atomic mass is 9.84. The minimum absolute atomic E-state index is 0.00643. The van der Waals surface area contributed by atoms with Gasteiger partial charge in [0.05, 0.1) is 13.2 Å². The van der Waals surface area contributed by atoms with E-state index in [-0.39, 0.29) is 12.0 Å². The normalized spacial score (nSPS) is 19.5. The molecule has 1 aliphatic rings. The molecule has 1 atom stereocenters. The lowest BCUT2D eigenvalue weighted by Gasteiger charge is -2.27. The molecule has 3 N–H and O–H groups in total. The first-order valence-corrected chi connectivity index (χ1v) is 10.4. The van der Waals surface area contributed by atoms with Crippen molar-refractivity contribution in [3.05, 3.63) is 53.6 Å². The van der Waals surface area contributed by atoms with Gasteiger partial charge in [-0.3, -0.25) is 0 Å². The number of hydrogen-bond donors (Lipinski definition) is 3. The zero-order valence-corrected chi connectivity index (χ0v) is 17.5. The molecule has 3 rings (SSSR count). The minimum atomic E-state index is -0.00643. The maximum atomic E-state index is 9.41. The molecule has 0 radical (unpaired) electrons. The Hall–Kier alpha value is -2.38. The number of benzene rings is 1. The highest BCUT2D eigenvalue weighted by atomic mass is 16.5. The fraction of sp³-hybridized carbons (Fsp3) is 0.545. The average Bonchev–Trinajstić information content (AvgIpc) is 3.34. The molecule has 29 heavy (non-hydrogen) atoms. The molecule has 0 saturated carbocycles. The third-order valence-corrected chi connectivity index (χ3v) is 5.49. The van der Waals surface area contributed by atoms with E-state index < -0.39 is 0 Å². The largest absolute Gasteiger partial charge is 0.396 e. The highest BCUT2D eigenvalue weighted by molar-refractivity contribution is 5.79. The Labute approximate surface area is 173 Å². The summed E-state index contributed by atoms with van der Waals surface area (Å²) < 4.78 is 7.72. The number of hydrogen-bond acceptors (Lipinski definition) is 4. The van der Waals surface area contributed by atoms with Crippen LogP contribution in [0, 0.1) is 12.3 Å². The van der Waals surface area contributed by atoms with Crippen molar-refractivity contribution in [2.45, 2.75) is 39.8 Å². The Morgan fingerprint density at radius 2 is 2.21 bits per heavy atom. The molecule has 1 fully saturated rings. The first-order chi connectivity index (χ1) is 14.1. The van der Waals surface area contributed by atoms with Gasteiger partial charge in [0.15, 0.2) is 5.96 Å². The van der Waals surface area contributed by atoms with Crippen LogP contribution in [0.3, 0.4) is 0 Å². The molecule has 1 saturated heterocycles. The summed E-state index contributed by atoms with van der Waals surface area (Å²) in [4.78, 5) is 9.05. The highest BCUT2D eigenvalue weighted by Gasteiger charge is 2.34. The first-order valence-electron chi connectivity index (χ1n) is 10.4. The summed E-state index contributed by atoms with van der Waals surface area (Å²) in [7, 11) is 0. The zero-order chi connectivity index (χ0) is 20.5. The fourth-order valence-corrected chi connectivity index (χ4v) is 3.69. The van der Waals surface area contributed by atoms with E-state index in [0.717, 1.165) is 50.9 Å². The molecule has 7 heteroatoms. The molecular formula is C22H33N5O2. The van der Waals surface area contributed by atoms with Gasteiger partial charge in [-0.15, -0.1) is 0 Å². The molecule has 0 bridgehead atoms. The van der Waals surface area contributed by atoms with Crippen LogP contribution in [0.15, 0.2) is 41.7 Å². The lowest BCUT2D eigenvalue weighted by Crippen LogP contribution is -2.44. The van der Waals surface area contributed by atoms with E-state index in [1.807, 2.05) is 19.3 Å². The van der Waals surface area contributed by atoms with Crippen LogP contribution in [-0.2, 0) is 17.8 Å². The van der Waals surface area contributed by atoms with Crippen LogP contribution in [0.25, 0.3) is 0 Å². The second-order valence-corrected chi connectivity index (χ2v) is 7.75. The number of rotatable bonds is 9. The van der Waals surface area contributed by atoms with Crippen LogP contribution < -0.4 is 10.6 Å². The number of imidazole rings is 1. The van der Waals surface area contributed by atoms with Gasteiger partial charge in [0.1, 0.15) is 5.82 Å². The fourth-order valence-electron chi connectivity index (χ4n) is 3.69. The zero-order valence-electron chi connectivity index (χ0n) is 17.5. The topological polar surface area (TPSA) is 83.7 Å². The van der Waals surface area contributed by atoms with Gasteiger partial charge in [-0.2, -0.15) is 0 Å². The third-order valence-electron chi connectivity index (χ3n) is 5.49. The quantitative estimate of drug-likeness (QED) is 0.444. The molecule has 1 unspecified atom stereocenters. The molecule has 0 amide bonds. The molecule has 1 aromatic heterocycles. The number of ether oxygens (including phenoxy) is 1. The number of aliphatic hydroxyl groups is 1. The van der Waals surface area contributed by atoms with Crippen LogP contribution in [0.5, 0.6) is 0 Å². The number of guanidine groups is 1. The summed E-state index contributed by atoms with van der Waals surface area (Å²) in [6.07, 6.45) is 5.55. The van der Waals surface area contributed by atoms with Crippen LogP contribution in [0.1, 0.15) is 36.7 Å². The second-order valence-electron chi connectivity index (χ2n) is 7.75. The number of aliphatic imine (C=N–C) groups is 1. The van der Waals surface area contributed by atoms with Gasteiger partial charge < -0.3 is 25.0 Å². The van der Waals surface area contributed by atoms with Gasteiger partial charge in [0.25, 0.3) is 0 Å². The summed E-state index contributed by atoms with van der Waals surface area (Å²) >= 11 is 0. The molecule has 158 valence electrons. The van der Waals surface area contributed by atoms with E-state index in [1.165, 1.54) is 11.1 Å². The van der Waals surface area contributed by atoms with Gasteiger partial charge in [0, 0.05) is 50.7 Å². The average molecular weight is 400 g/mol. The summed E-state index contributed by atoms with van der Waals surface area (Å²) in [6, 6.07) is 8.52. The summed E-state index contributed by atoms with van der Waals surface area (Å²) in [6.45, 7) is 8.68. The van der Waals surface area contributed by atoms with Crippen LogP contribution in [0.2, 0.25) is 0 Å². The van der Waals surface area contributed by atoms with Gasteiger partial charge in [-0.25, -0.2) is 9.98 Å². The van der Waals surface area contributed by atoms with Crippen molar-refractivity contribution in [1.82, 2.24) is 20.2 Å². The van der Waals surface area contributed by atoms with Gasteiger partial charge in [0.2, 0.25) is 0 Å². The molecule has 2 heterocycles. The Balaban J connectivity index is 1.62. The predicted molar refractivity (Wildman–Crippen MR) is 115 cm³/mol. The van der Waals surface area contributed by atoms with Crippen molar-refractivity contribution >= 4 is 5.96 Å². The van der Waals surface area contributed by atoms with Crippen molar-refractivity contribution in [3.63, 3.8) is 0 Å². The van der Waals surface area contributed by atoms with Crippen molar-refractivity contribution < 1.29 is 9.84 Å². The molecule has 2 aromatic rings. The van der Waals surface area contributed by atoms with Crippen LogP contribution in [0.4, 0.5) is 0 Å². The minimum Gasteiger partial charge on any atom is -0.396 e. The van der Waals surface area contributed by atoms with E-state index in [1.54, 1.807) is 0 Å². The summed E-state index contributed by atoms with van der Waals surface area (Å²) in [5.41, 5.74) is 2.40. The van der Waals surface area contributed by atoms with Crippen molar-refractivity contribution in [2.24, 2.45) is 10.4 Å². The maximum absolute atomic E-state index is 9.41. The monoisotopic (exact) mass is 399 g/mol. The highest BCUT2D eigenvalue weighted by Crippen LogP contribution is 2.31. The Morgan fingerprint density at radius 1 is 1.34 bits per heavy atom. The molecule has 1 aliphatic heterocycles. The Kier molecular flexibility index (Phi) is 7.66. The van der Waals surface area contributed by atoms with E-state index in [2.05, 4.69) is 51.4 Å². The maximum Gasteiger partial charge on any atom is 0.191 e. The third kappa shape index (κ3) is 6.05. The number of nitrogens with one attached hydrogen (secondary N) is 2. The molecule has 7 nitrogen and oxygen atoms in total.